The van der Waals surface area contributed by atoms with E-state index in [0.717, 1.165) is 17.1 Å². The zero-order valence-electron chi connectivity index (χ0n) is 15.4. The molecule has 134 valence electrons. The number of nitrogens with one attached hydrogen (secondary N) is 2. The van der Waals surface area contributed by atoms with Crippen molar-refractivity contribution in [2.24, 2.45) is 0 Å². The zero-order valence-corrected chi connectivity index (χ0v) is 15.4. The Labute approximate surface area is 153 Å². The van der Waals surface area contributed by atoms with Crippen LogP contribution >= 0.6 is 0 Å². The largest absolute Gasteiger partial charge is 0.491 e. The highest BCUT2D eigenvalue weighted by molar-refractivity contribution is 5.60. The number of ether oxygens (including phenoxy) is 1. The summed E-state index contributed by atoms with van der Waals surface area (Å²) in [5.74, 6) is 1.90. The van der Waals surface area contributed by atoms with E-state index in [2.05, 4.69) is 45.7 Å². The number of hydrogen-bond donors (Lipinski definition) is 2. The number of anilines is 4. The van der Waals surface area contributed by atoms with Gasteiger partial charge in [-0.2, -0.15) is 10.1 Å². The van der Waals surface area contributed by atoms with E-state index in [1.54, 1.807) is 6.20 Å². The number of nitrogens with zero attached hydrogens (tertiary/aromatic N) is 3. The van der Waals surface area contributed by atoms with Gasteiger partial charge in [-0.1, -0.05) is 6.07 Å². The lowest BCUT2D eigenvalue weighted by molar-refractivity contribution is 0.242. The van der Waals surface area contributed by atoms with Gasteiger partial charge < -0.3 is 15.4 Å². The Morgan fingerprint density at radius 1 is 0.885 bits per heavy atom. The van der Waals surface area contributed by atoms with Crippen molar-refractivity contribution in [3.63, 3.8) is 0 Å². The maximum absolute atomic E-state index is 5.65. The summed E-state index contributed by atoms with van der Waals surface area (Å²) in [6, 6.07) is 13.9. The van der Waals surface area contributed by atoms with Gasteiger partial charge in [-0.15, -0.1) is 5.10 Å². The molecule has 3 rings (SSSR count). The lowest BCUT2D eigenvalue weighted by Gasteiger charge is -2.11. The van der Waals surface area contributed by atoms with Crippen LogP contribution in [-0.2, 0) is 0 Å². The van der Waals surface area contributed by atoms with E-state index in [0.29, 0.717) is 11.8 Å². The van der Waals surface area contributed by atoms with Crippen molar-refractivity contribution in [2.45, 2.75) is 33.8 Å². The summed E-state index contributed by atoms with van der Waals surface area (Å²) in [6.45, 7) is 8.12. The first-order valence-electron chi connectivity index (χ1n) is 8.57. The molecular weight excluding hydrogens is 326 g/mol. The van der Waals surface area contributed by atoms with Gasteiger partial charge in [-0.3, -0.25) is 0 Å². The third-order valence-electron chi connectivity index (χ3n) is 3.54. The Morgan fingerprint density at radius 2 is 1.58 bits per heavy atom. The molecule has 3 aromatic rings. The van der Waals surface area contributed by atoms with Crippen molar-refractivity contribution >= 4 is 23.1 Å². The molecule has 0 atom stereocenters. The Balaban J connectivity index is 1.71. The van der Waals surface area contributed by atoms with E-state index in [1.807, 2.05) is 50.2 Å². The summed E-state index contributed by atoms with van der Waals surface area (Å²) in [5.41, 5.74) is 4.20. The van der Waals surface area contributed by atoms with Gasteiger partial charge in [0, 0.05) is 11.4 Å². The molecule has 0 amide bonds. The van der Waals surface area contributed by atoms with Crippen LogP contribution in [0.4, 0.5) is 23.1 Å². The monoisotopic (exact) mass is 349 g/mol. The van der Waals surface area contributed by atoms with Crippen molar-refractivity contribution in [1.29, 1.82) is 0 Å². The van der Waals surface area contributed by atoms with Crippen LogP contribution in [0.15, 0.2) is 48.7 Å². The maximum atomic E-state index is 5.65. The smallest absolute Gasteiger partial charge is 0.249 e. The summed E-state index contributed by atoms with van der Waals surface area (Å²) < 4.78 is 5.65. The van der Waals surface area contributed by atoms with Crippen molar-refractivity contribution in [3.8, 4) is 5.75 Å². The van der Waals surface area contributed by atoms with Crippen LogP contribution in [-0.4, -0.2) is 21.3 Å². The minimum absolute atomic E-state index is 0.152. The molecule has 0 aliphatic heterocycles. The van der Waals surface area contributed by atoms with Crippen molar-refractivity contribution in [1.82, 2.24) is 15.2 Å². The molecule has 2 N–H and O–H groups in total. The van der Waals surface area contributed by atoms with Gasteiger partial charge in [-0.05, 0) is 75.2 Å². The van der Waals surface area contributed by atoms with Crippen LogP contribution in [0, 0.1) is 13.8 Å². The lowest BCUT2D eigenvalue weighted by Crippen LogP contribution is -2.05. The van der Waals surface area contributed by atoms with Gasteiger partial charge in [0.2, 0.25) is 5.95 Å². The molecule has 0 bridgehead atoms. The fourth-order valence-corrected chi connectivity index (χ4v) is 2.63. The molecule has 0 aliphatic rings. The topological polar surface area (TPSA) is 72.0 Å². The molecule has 0 fully saturated rings. The van der Waals surface area contributed by atoms with Gasteiger partial charge in [0.05, 0.1) is 12.3 Å². The van der Waals surface area contributed by atoms with Crippen LogP contribution in [0.5, 0.6) is 5.75 Å². The van der Waals surface area contributed by atoms with E-state index < -0.39 is 0 Å². The van der Waals surface area contributed by atoms with Gasteiger partial charge in [0.25, 0.3) is 0 Å². The SMILES string of the molecule is Cc1cc(C)cc(Nc2nncc(Nc3ccc(OC(C)C)cc3)n2)c1. The molecular formula is C20H23N5O. The Bertz CT molecular complexity index is 857. The second-order valence-electron chi connectivity index (χ2n) is 6.48. The van der Waals surface area contributed by atoms with E-state index >= 15 is 0 Å². The summed E-state index contributed by atoms with van der Waals surface area (Å²) in [4.78, 5) is 4.47. The summed E-state index contributed by atoms with van der Waals surface area (Å²) >= 11 is 0. The average Bonchev–Trinajstić information content (AvgIpc) is 2.55. The fraction of sp³-hybridized carbons (Fsp3) is 0.250. The second-order valence-corrected chi connectivity index (χ2v) is 6.48. The molecule has 26 heavy (non-hydrogen) atoms. The number of hydrogen-bond acceptors (Lipinski definition) is 6. The predicted octanol–water partition coefficient (Wildman–Crippen LogP) is 4.76. The van der Waals surface area contributed by atoms with Gasteiger partial charge in [0.15, 0.2) is 5.82 Å². The van der Waals surface area contributed by atoms with Gasteiger partial charge in [-0.25, -0.2) is 0 Å². The van der Waals surface area contributed by atoms with E-state index in [4.69, 9.17) is 4.74 Å². The second kappa shape index (κ2) is 7.82. The van der Waals surface area contributed by atoms with Crippen LogP contribution < -0.4 is 15.4 Å². The summed E-state index contributed by atoms with van der Waals surface area (Å²) in [7, 11) is 0. The van der Waals surface area contributed by atoms with Crippen LogP contribution in [0.3, 0.4) is 0 Å². The van der Waals surface area contributed by atoms with Crippen molar-refractivity contribution < 1.29 is 4.74 Å². The number of aryl methyl sites for hydroxylation is 2. The molecule has 1 heterocycles. The van der Waals surface area contributed by atoms with Gasteiger partial charge in [0.1, 0.15) is 5.75 Å². The Kier molecular flexibility index (Phi) is 5.31. The first-order chi connectivity index (χ1) is 12.5. The summed E-state index contributed by atoms with van der Waals surface area (Å²) in [6.07, 6.45) is 1.74. The third kappa shape index (κ3) is 4.92. The third-order valence-corrected chi connectivity index (χ3v) is 3.54. The zero-order chi connectivity index (χ0) is 18.5. The minimum Gasteiger partial charge on any atom is -0.491 e. The highest BCUT2D eigenvalue weighted by Crippen LogP contribution is 2.21. The normalized spacial score (nSPS) is 10.7. The number of rotatable bonds is 6. The van der Waals surface area contributed by atoms with Crippen LogP contribution in [0.25, 0.3) is 0 Å². The standard InChI is InChI=1S/C20H23N5O/c1-13(2)26-18-7-5-16(6-8-18)22-19-12-21-25-20(24-19)23-17-10-14(3)9-15(4)11-17/h5-13H,1-4H3,(H2,22,23,24,25). The maximum Gasteiger partial charge on any atom is 0.249 e. The first-order valence-corrected chi connectivity index (χ1v) is 8.57. The Hall–Kier alpha value is -3.15. The molecule has 0 unspecified atom stereocenters. The average molecular weight is 349 g/mol. The molecule has 0 saturated carbocycles. The molecule has 0 radical (unpaired) electrons. The van der Waals surface area contributed by atoms with E-state index in [-0.39, 0.29) is 6.10 Å². The Morgan fingerprint density at radius 3 is 2.23 bits per heavy atom. The number of benzene rings is 2. The predicted molar refractivity (Wildman–Crippen MR) is 105 cm³/mol. The molecule has 6 heteroatoms. The highest BCUT2D eigenvalue weighted by atomic mass is 16.5. The molecule has 0 saturated heterocycles. The van der Waals surface area contributed by atoms with Crippen molar-refractivity contribution in [2.75, 3.05) is 10.6 Å². The number of aromatic nitrogens is 3. The fourth-order valence-electron chi connectivity index (χ4n) is 2.63. The molecule has 6 nitrogen and oxygen atoms in total. The van der Waals surface area contributed by atoms with Crippen LogP contribution in [0.2, 0.25) is 0 Å². The quantitative estimate of drug-likeness (QED) is 0.668. The van der Waals surface area contributed by atoms with E-state index in [9.17, 15) is 0 Å². The molecule has 0 aliphatic carbocycles. The minimum atomic E-state index is 0.152. The first kappa shape index (κ1) is 17.7. The van der Waals surface area contributed by atoms with E-state index in [1.165, 1.54) is 11.1 Å². The van der Waals surface area contributed by atoms with Gasteiger partial charge >= 0.3 is 0 Å². The lowest BCUT2D eigenvalue weighted by atomic mass is 10.1. The van der Waals surface area contributed by atoms with Crippen LogP contribution in [0.1, 0.15) is 25.0 Å². The molecule has 0 spiro atoms. The van der Waals surface area contributed by atoms with Crippen molar-refractivity contribution in [3.05, 3.63) is 59.8 Å². The molecule has 2 aromatic carbocycles. The summed E-state index contributed by atoms with van der Waals surface area (Å²) in [5, 5.41) is 14.5. The molecule has 1 aromatic heterocycles. The highest BCUT2D eigenvalue weighted by Gasteiger charge is 2.04.